The van der Waals surface area contributed by atoms with Crippen LogP contribution in [0.25, 0.3) is 0 Å². The molecule has 0 aromatic carbocycles. The molecule has 0 aromatic rings. The van der Waals surface area contributed by atoms with Crippen molar-refractivity contribution in [2.75, 3.05) is 6.54 Å². The predicted molar refractivity (Wildman–Crippen MR) is 80.6 cm³/mol. The van der Waals surface area contributed by atoms with E-state index in [9.17, 15) is 9.59 Å². The van der Waals surface area contributed by atoms with Crippen LogP contribution >= 0.6 is 0 Å². The molecule has 4 unspecified atom stereocenters. The van der Waals surface area contributed by atoms with E-state index in [4.69, 9.17) is 10.8 Å². The molecule has 2 aliphatic rings. The molecule has 120 valence electrons. The van der Waals surface area contributed by atoms with E-state index in [1.807, 2.05) is 4.90 Å². The van der Waals surface area contributed by atoms with Crippen molar-refractivity contribution in [2.45, 2.75) is 65.0 Å². The highest BCUT2D eigenvalue weighted by Crippen LogP contribution is 2.45. The van der Waals surface area contributed by atoms with Crippen LogP contribution in [0.3, 0.4) is 0 Å². The van der Waals surface area contributed by atoms with Crippen LogP contribution in [0, 0.1) is 17.3 Å². The summed E-state index contributed by atoms with van der Waals surface area (Å²) in [6.45, 7) is 7.08. The normalized spacial score (nSPS) is 35.7. The number of carboxylic acids is 1. The zero-order chi connectivity index (χ0) is 15.8. The number of amides is 1. The van der Waals surface area contributed by atoms with Crippen molar-refractivity contribution in [1.82, 2.24) is 4.90 Å². The molecule has 0 bridgehead atoms. The molecule has 1 saturated heterocycles. The van der Waals surface area contributed by atoms with Gasteiger partial charge in [-0.3, -0.25) is 9.59 Å². The van der Waals surface area contributed by atoms with Crippen molar-refractivity contribution in [3.63, 3.8) is 0 Å². The standard InChI is InChI=1S/C16H28N2O3/c1-10-13(17)7-6-12(16(10,2)3)15(21)18-8-4-5-11(18)9-14(19)20/h10-13H,4-9,17H2,1-3H3,(H,19,20). The maximum absolute atomic E-state index is 13.0. The molecular weight excluding hydrogens is 268 g/mol. The lowest BCUT2D eigenvalue weighted by Crippen LogP contribution is -2.53. The number of hydrogen-bond acceptors (Lipinski definition) is 3. The van der Waals surface area contributed by atoms with Gasteiger partial charge in [-0.25, -0.2) is 0 Å². The average molecular weight is 296 g/mol. The molecule has 4 atom stereocenters. The van der Waals surface area contributed by atoms with Crippen LogP contribution < -0.4 is 5.73 Å². The minimum Gasteiger partial charge on any atom is -0.481 e. The average Bonchev–Trinajstić information content (AvgIpc) is 2.83. The summed E-state index contributed by atoms with van der Waals surface area (Å²) in [7, 11) is 0. The Hall–Kier alpha value is -1.10. The molecule has 1 aliphatic heterocycles. The lowest BCUT2D eigenvalue weighted by molar-refractivity contribution is -0.146. The van der Waals surface area contributed by atoms with Crippen molar-refractivity contribution in [1.29, 1.82) is 0 Å². The minimum absolute atomic E-state index is 0.0401. The number of rotatable bonds is 3. The minimum atomic E-state index is -0.821. The molecule has 21 heavy (non-hydrogen) atoms. The molecule has 5 nitrogen and oxygen atoms in total. The van der Waals surface area contributed by atoms with Crippen LogP contribution in [0.15, 0.2) is 0 Å². The van der Waals surface area contributed by atoms with Gasteiger partial charge in [-0.1, -0.05) is 20.8 Å². The second kappa shape index (κ2) is 5.95. The Morgan fingerprint density at radius 2 is 1.95 bits per heavy atom. The molecule has 0 aromatic heterocycles. The lowest BCUT2D eigenvalue weighted by atomic mass is 9.60. The molecular formula is C16H28N2O3. The largest absolute Gasteiger partial charge is 0.481 e. The Morgan fingerprint density at radius 3 is 2.57 bits per heavy atom. The number of hydrogen-bond donors (Lipinski definition) is 2. The number of nitrogens with zero attached hydrogens (tertiary/aromatic N) is 1. The first-order chi connectivity index (χ1) is 9.75. The quantitative estimate of drug-likeness (QED) is 0.832. The van der Waals surface area contributed by atoms with Gasteiger partial charge >= 0.3 is 5.97 Å². The number of carboxylic acid groups (broad SMARTS) is 1. The topological polar surface area (TPSA) is 83.6 Å². The van der Waals surface area contributed by atoms with E-state index >= 15 is 0 Å². The predicted octanol–water partition coefficient (Wildman–Crippen LogP) is 1.85. The monoisotopic (exact) mass is 296 g/mol. The van der Waals surface area contributed by atoms with E-state index in [1.54, 1.807) is 0 Å². The highest BCUT2D eigenvalue weighted by atomic mass is 16.4. The number of carbonyl (C=O) groups excluding carboxylic acids is 1. The zero-order valence-electron chi connectivity index (χ0n) is 13.3. The summed E-state index contributed by atoms with van der Waals surface area (Å²) < 4.78 is 0. The Labute approximate surface area is 126 Å². The van der Waals surface area contributed by atoms with Crippen LogP contribution in [0.4, 0.5) is 0 Å². The summed E-state index contributed by atoms with van der Waals surface area (Å²) >= 11 is 0. The third kappa shape index (κ3) is 3.07. The van der Waals surface area contributed by atoms with Crippen LogP contribution in [0.2, 0.25) is 0 Å². The Balaban J connectivity index is 2.13. The summed E-state index contributed by atoms with van der Waals surface area (Å²) in [4.78, 5) is 25.7. The van der Waals surface area contributed by atoms with E-state index < -0.39 is 5.97 Å². The van der Waals surface area contributed by atoms with Crippen molar-refractivity contribution in [3.05, 3.63) is 0 Å². The molecule has 5 heteroatoms. The summed E-state index contributed by atoms with van der Waals surface area (Å²) in [5.74, 6) is -0.428. The highest BCUT2D eigenvalue weighted by Gasteiger charge is 2.47. The third-order valence-corrected chi connectivity index (χ3v) is 5.87. The summed E-state index contributed by atoms with van der Waals surface area (Å²) in [6.07, 6.45) is 3.46. The first-order valence-corrected chi connectivity index (χ1v) is 8.03. The van der Waals surface area contributed by atoms with Crippen LogP contribution in [-0.4, -0.2) is 40.5 Å². The first kappa shape index (κ1) is 16.3. The van der Waals surface area contributed by atoms with Crippen molar-refractivity contribution in [2.24, 2.45) is 23.0 Å². The Bertz CT molecular complexity index is 422. The van der Waals surface area contributed by atoms with E-state index in [1.165, 1.54) is 0 Å². The van der Waals surface area contributed by atoms with E-state index in [0.717, 1.165) is 25.7 Å². The second-order valence-electron chi connectivity index (χ2n) is 7.33. The van der Waals surface area contributed by atoms with Gasteiger partial charge in [-0.05, 0) is 37.0 Å². The highest BCUT2D eigenvalue weighted by molar-refractivity contribution is 5.81. The van der Waals surface area contributed by atoms with Crippen LogP contribution in [0.5, 0.6) is 0 Å². The molecule has 1 amide bonds. The molecule has 0 radical (unpaired) electrons. The van der Waals surface area contributed by atoms with E-state index in [-0.39, 0.29) is 35.7 Å². The second-order valence-corrected chi connectivity index (χ2v) is 7.33. The van der Waals surface area contributed by atoms with Gasteiger partial charge in [0.05, 0.1) is 6.42 Å². The molecule has 2 fully saturated rings. The molecule has 2 rings (SSSR count). The molecule has 3 N–H and O–H groups in total. The summed E-state index contributed by atoms with van der Waals surface area (Å²) in [6, 6.07) is 0.0224. The Kier molecular flexibility index (Phi) is 4.61. The van der Waals surface area contributed by atoms with E-state index in [2.05, 4.69) is 20.8 Å². The van der Waals surface area contributed by atoms with Gasteiger partial charge in [-0.15, -0.1) is 0 Å². The lowest BCUT2D eigenvalue weighted by Gasteiger charge is -2.47. The fourth-order valence-corrected chi connectivity index (χ4v) is 4.03. The van der Waals surface area contributed by atoms with Crippen molar-refractivity contribution < 1.29 is 14.7 Å². The maximum Gasteiger partial charge on any atom is 0.305 e. The number of carbonyl (C=O) groups is 2. The van der Waals surface area contributed by atoms with Gasteiger partial charge < -0.3 is 15.7 Å². The zero-order valence-corrected chi connectivity index (χ0v) is 13.3. The summed E-state index contributed by atoms with van der Waals surface area (Å²) in [5.41, 5.74) is 6.03. The first-order valence-electron chi connectivity index (χ1n) is 8.03. The van der Waals surface area contributed by atoms with Gasteiger partial charge in [-0.2, -0.15) is 0 Å². The van der Waals surface area contributed by atoms with Crippen LogP contribution in [0.1, 0.15) is 52.9 Å². The fourth-order valence-electron chi connectivity index (χ4n) is 4.03. The fraction of sp³-hybridized carbons (Fsp3) is 0.875. The SMILES string of the molecule is CC1C(N)CCC(C(=O)N2CCCC2CC(=O)O)C1(C)C. The number of nitrogens with two attached hydrogens (primary N) is 1. The van der Waals surface area contributed by atoms with Gasteiger partial charge in [0.2, 0.25) is 5.91 Å². The Morgan fingerprint density at radius 1 is 1.29 bits per heavy atom. The van der Waals surface area contributed by atoms with E-state index in [0.29, 0.717) is 12.5 Å². The maximum atomic E-state index is 13.0. The third-order valence-electron chi connectivity index (χ3n) is 5.87. The summed E-state index contributed by atoms with van der Waals surface area (Å²) in [5, 5.41) is 9.01. The molecule has 1 aliphatic carbocycles. The smallest absolute Gasteiger partial charge is 0.305 e. The van der Waals surface area contributed by atoms with Gasteiger partial charge in [0.25, 0.3) is 0 Å². The molecule has 0 spiro atoms. The van der Waals surface area contributed by atoms with Gasteiger partial charge in [0.1, 0.15) is 0 Å². The van der Waals surface area contributed by atoms with Crippen molar-refractivity contribution >= 4 is 11.9 Å². The number of likely N-dealkylation sites (tertiary alicyclic amines) is 1. The van der Waals surface area contributed by atoms with Crippen molar-refractivity contribution in [3.8, 4) is 0 Å². The van der Waals surface area contributed by atoms with Crippen LogP contribution in [-0.2, 0) is 9.59 Å². The number of aliphatic carboxylic acids is 1. The molecule has 1 heterocycles. The van der Waals surface area contributed by atoms with Gasteiger partial charge in [0.15, 0.2) is 0 Å². The molecule has 1 saturated carbocycles. The van der Waals surface area contributed by atoms with Gasteiger partial charge in [0, 0.05) is 24.5 Å².